The molecule has 23 heavy (non-hydrogen) atoms. The molecule has 0 aliphatic heterocycles. The minimum atomic E-state index is -0.291. The van der Waals surface area contributed by atoms with Gasteiger partial charge in [0.15, 0.2) is 5.69 Å². The van der Waals surface area contributed by atoms with Crippen LogP contribution in [0.25, 0.3) is 10.9 Å². The van der Waals surface area contributed by atoms with E-state index >= 15 is 0 Å². The highest BCUT2D eigenvalue weighted by Gasteiger charge is 2.18. The lowest BCUT2D eigenvalue weighted by atomic mass is 10.2. The third-order valence-corrected chi connectivity index (χ3v) is 3.48. The van der Waals surface area contributed by atoms with Crippen molar-refractivity contribution in [3.05, 3.63) is 46.4 Å². The molecular weight excluding hydrogens is 294 g/mol. The third kappa shape index (κ3) is 2.73. The van der Waals surface area contributed by atoms with Crippen molar-refractivity contribution >= 4 is 22.5 Å². The summed E-state index contributed by atoms with van der Waals surface area (Å²) in [5.74, 6) is 0.149. The third-order valence-electron chi connectivity index (χ3n) is 3.48. The van der Waals surface area contributed by atoms with E-state index in [-0.39, 0.29) is 23.4 Å². The van der Waals surface area contributed by atoms with Crippen molar-refractivity contribution in [3.8, 4) is 5.88 Å². The standard InChI is InChI=1S/C16H17N5O2/c1-9(2)21-12-7-5-4-6-11(12)14(15(21)23)19-20-16-17-10(3)8-13(22)18-16/h4-9,23H,1-3H3,(H,17,18,22). The van der Waals surface area contributed by atoms with Crippen molar-refractivity contribution < 1.29 is 5.11 Å². The number of aromatic hydroxyl groups is 1. The fraction of sp³-hybridized carbons (Fsp3) is 0.250. The van der Waals surface area contributed by atoms with E-state index in [0.717, 1.165) is 10.9 Å². The van der Waals surface area contributed by atoms with Crippen molar-refractivity contribution in [2.24, 2.45) is 10.2 Å². The Bertz CT molecular complexity index is 953. The smallest absolute Gasteiger partial charge is 0.252 e. The Balaban J connectivity index is 2.15. The van der Waals surface area contributed by atoms with E-state index in [4.69, 9.17) is 0 Å². The van der Waals surface area contributed by atoms with Crippen molar-refractivity contribution in [2.45, 2.75) is 26.8 Å². The SMILES string of the molecule is Cc1cc(=O)[nH]c(N=Nc2c(O)n(C(C)C)c3ccccc23)n1. The Morgan fingerprint density at radius 3 is 2.70 bits per heavy atom. The molecule has 0 amide bonds. The van der Waals surface area contributed by atoms with Gasteiger partial charge in [-0.3, -0.25) is 9.78 Å². The molecule has 3 rings (SSSR count). The number of aromatic nitrogens is 3. The van der Waals surface area contributed by atoms with Gasteiger partial charge in [0.2, 0.25) is 11.8 Å². The first-order valence-corrected chi connectivity index (χ1v) is 7.29. The zero-order valence-electron chi connectivity index (χ0n) is 13.1. The lowest BCUT2D eigenvalue weighted by Crippen LogP contribution is -2.05. The first-order chi connectivity index (χ1) is 11.0. The van der Waals surface area contributed by atoms with Gasteiger partial charge < -0.3 is 9.67 Å². The highest BCUT2D eigenvalue weighted by Crippen LogP contribution is 2.40. The Hall–Kier alpha value is -2.96. The molecule has 2 N–H and O–H groups in total. The summed E-state index contributed by atoms with van der Waals surface area (Å²) in [4.78, 5) is 18.0. The molecule has 0 aliphatic rings. The molecule has 7 nitrogen and oxygen atoms in total. The predicted octanol–water partition coefficient (Wildman–Crippen LogP) is 3.73. The molecular formula is C16H17N5O2. The summed E-state index contributed by atoms with van der Waals surface area (Å²) in [6, 6.07) is 9.01. The van der Waals surface area contributed by atoms with E-state index in [0.29, 0.717) is 11.4 Å². The quantitative estimate of drug-likeness (QED) is 0.721. The monoisotopic (exact) mass is 311 g/mol. The van der Waals surface area contributed by atoms with Crippen LogP contribution >= 0.6 is 0 Å². The number of para-hydroxylation sites is 1. The lowest BCUT2D eigenvalue weighted by Gasteiger charge is -2.10. The number of aromatic amines is 1. The van der Waals surface area contributed by atoms with Crippen molar-refractivity contribution in [1.29, 1.82) is 0 Å². The van der Waals surface area contributed by atoms with Gasteiger partial charge in [0, 0.05) is 23.2 Å². The normalized spacial score (nSPS) is 11.8. The van der Waals surface area contributed by atoms with Crippen LogP contribution in [0.3, 0.4) is 0 Å². The molecule has 2 aromatic heterocycles. The highest BCUT2D eigenvalue weighted by molar-refractivity contribution is 5.95. The summed E-state index contributed by atoms with van der Waals surface area (Å²) in [6.07, 6.45) is 0. The van der Waals surface area contributed by atoms with Crippen LogP contribution in [0.2, 0.25) is 0 Å². The van der Waals surface area contributed by atoms with E-state index in [1.807, 2.05) is 38.1 Å². The second kappa shape index (κ2) is 5.68. The van der Waals surface area contributed by atoms with Crippen molar-refractivity contribution in [1.82, 2.24) is 14.5 Å². The van der Waals surface area contributed by atoms with Crippen LogP contribution in [-0.4, -0.2) is 19.6 Å². The minimum absolute atomic E-state index is 0.0416. The van der Waals surface area contributed by atoms with Crippen LogP contribution in [0.1, 0.15) is 25.6 Å². The van der Waals surface area contributed by atoms with Gasteiger partial charge in [-0.05, 0) is 26.8 Å². The molecule has 0 aliphatic carbocycles. The van der Waals surface area contributed by atoms with E-state index in [1.54, 1.807) is 11.5 Å². The molecule has 0 radical (unpaired) electrons. The number of nitrogens with zero attached hydrogens (tertiary/aromatic N) is 4. The maximum atomic E-state index is 11.4. The number of aryl methyl sites for hydroxylation is 1. The summed E-state index contributed by atoms with van der Waals surface area (Å²) in [5, 5.41) is 19.4. The fourth-order valence-electron chi connectivity index (χ4n) is 2.56. The van der Waals surface area contributed by atoms with Crippen LogP contribution in [0, 0.1) is 6.92 Å². The van der Waals surface area contributed by atoms with Gasteiger partial charge in [0.25, 0.3) is 5.56 Å². The van der Waals surface area contributed by atoms with Crippen LogP contribution in [0.4, 0.5) is 11.6 Å². The molecule has 3 aromatic rings. The number of hydrogen-bond donors (Lipinski definition) is 2. The minimum Gasteiger partial charge on any atom is -0.493 e. The molecule has 0 bridgehead atoms. The molecule has 0 saturated heterocycles. The van der Waals surface area contributed by atoms with E-state index in [2.05, 4.69) is 20.2 Å². The summed E-state index contributed by atoms with van der Waals surface area (Å²) in [5.41, 5.74) is 1.50. The number of nitrogens with one attached hydrogen (secondary N) is 1. The number of azo groups is 1. The van der Waals surface area contributed by atoms with Gasteiger partial charge >= 0.3 is 0 Å². The zero-order chi connectivity index (χ0) is 16.6. The molecule has 0 unspecified atom stereocenters. The molecule has 0 saturated carbocycles. The zero-order valence-corrected chi connectivity index (χ0v) is 13.1. The van der Waals surface area contributed by atoms with E-state index in [9.17, 15) is 9.90 Å². The summed E-state index contributed by atoms with van der Waals surface area (Å²) in [7, 11) is 0. The molecule has 0 fully saturated rings. The molecule has 118 valence electrons. The molecule has 1 aromatic carbocycles. The average molecular weight is 311 g/mol. The van der Waals surface area contributed by atoms with E-state index < -0.39 is 0 Å². The van der Waals surface area contributed by atoms with Gasteiger partial charge in [-0.1, -0.05) is 18.2 Å². The van der Waals surface area contributed by atoms with Crippen molar-refractivity contribution in [3.63, 3.8) is 0 Å². The summed E-state index contributed by atoms with van der Waals surface area (Å²) in [6.45, 7) is 5.66. The Kier molecular flexibility index (Phi) is 3.69. The van der Waals surface area contributed by atoms with Crippen LogP contribution in [-0.2, 0) is 0 Å². The van der Waals surface area contributed by atoms with Gasteiger partial charge in [-0.2, -0.15) is 0 Å². The first kappa shape index (κ1) is 15.0. The highest BCUT2D eigenvalue weighted by atomic mass is 16.3. The predicted molar refractivity (Wildman–Crippen MR) is 87.8 cm³/mol. The number of rotatable bonds is 3. The summed E-state index contributed by atoms with van der Waals surface area (Å²) >= 11 is 0. The van der Waals surface area contributed by atoms with Crippen LogP contribution < -0.4 is 5.56 Å². The number of fused-ring (bicyclic) bond motifs is 1. The van der Waals surface area contributed by atoms with Gasteiger partial charge in [-0.25, -0.2) is 4.98 Å². The Labute approximate surface area is 132 Å². The number of H-pyrrole nitrogens is 1. The van der Waals surface area contributed by atoms with Gasteiger partial charge in [-0.15, -0.1) is 10.2 Å². The number of hydrogen-bond acceptors (Lipinski definition) is 5. The summed E-state index contributed by atoms with van der Waals surface area (Å²) < 4.78 is 1.79. The van der Waals surface area contributed by atoms with Crippen LogP contribution in [0.15, 0.2) is 45.4 Å². The van der Waals surface area contributed by atoms with Crippen LogP contribution in [0.5, 0.6) is 5.88 Å². The fourth-order valence-corrected chi connectivity index (χ4v) is 2.56. The van der Waals surface area contributed by atoms with Gasteiger partial charge in [0.1, 0.15) is 0 Å². The maximum Gasteiger partial charge on any atom is 0.252 e. The second-order valence-electron chi connectivity index (χ2n) is 5.56. The Morgan fingerprint density at radius 2 is 2.00 bits per heavy atom. The second-order valence-corrected chi connectivity index (χ2v) is 5.56. The lowest BCUT2D eigenvalue weighted by molar-refractivity contribution is 0.407. The molecule has 0 atom stereocenters. The van der Waals surface area contributed by atoms with Crippen molar-refractivity contribution in [2.75, 3.05) is 0 Å². The topological polar surface area (TPSA) is 95.6 Å². The average Bonchev–Trinajstić information content (AvgIpc) is 2.76. The largest absolute Gasteiger partial charge is 0.493 e. The van der Waals surface area contributed by atoms with Gasteiger partial charge in [0.05, 0.1) is 5.52 Å². The first-order valence-electron chi connectivity index (χ1n) is 7.29. The van der Waals surface area contributed by atoms with E-state index in [1.165, 1.54) is 6.07 Å². The number of benzene rings is 1. The maximum absolute atomic E-state index is 11.4. The molecule has 0 spiro atoms. The molecule has 7 heteroatoms. The Morgan fingerprint density at radius 1 is 1.26 bits per heavy atom. The molecule has 2 heterocycles.